The van der Waals surface area contributed by atoms with E-state index < -0.39 is 0 Å². The van der Waals surface area contributed by atoms with Crippen molar-refractivity contribution in [2.24, 2.45) is 11.8 Å². The van der Waals surface area contributed by atoms with Crippen molar-refractivity contribution in [3.63, 3.8) is 0 Å². The van der Waals surface area contributed by atoms with E-state index in [1.54, 1.807) is 12.1 Å². The largest absolute Gasteiger partial charge is 0.487 e. The molecule has 1 unspecified atom stereocenters. The Bertz CT molecular complexity index is 508. The molecule has 1 atom stereocenters. The summed E-state index contributed by atoms with van der Waals surface area (Å²) in [5, 5.41) is 3.61. The van der Waals surface area contributed by atoms with Crippen LogP contribution in [-0.2, 0) is 0 Å². The molecule has 3 heteroatoms. The molecule has 1 heterocycles. The quantitative estimate of drug-likeness (QED) is 0.884. The van der Waals surface area contributed by atoms with E-state index in [0.29, 0.717) is 12.0 Å². The van der Waals surface area contributed by atoms with Crippen LogP contribution in [0.25, 0.3) is 0 Å². The van der Waals surface area contributed by atoms with E-state index >= 15 is 0 Å². The van der Waals surface area contributed by atoms with Crippen LogP contribution in [0.1, 0.15) is 58.1 Å². The van der Waals surface area contributed by atoms with Gasteiger partial charge < -0.3 is 10.1 Å². The molecule has 1 saturated carbocycles. The SMILES string of the molecule is CCCNC1CC2(CC(C(C)C)C2)Oc2cc(F)ccc21. The standard InChI is InChI=1S/C18H26FNO/c1-4-7-20-16-11-18(9-13(10-18)12(2)3)21-17-8-14(19)5-6-15(16)17/h5-6,8,12-13,16,20H,4,7,9-11H2,1-3H3. The highest BCUT2D eigenvalue weighted by atomic mass is 19.1. The first-order valence-corrected chi connectivity index (χ1v) is 8.25. The van der Waals surface area contributed by atoms with Gasteiger partial charge in [0.1, 0.15) is 17.2 Å². The van der Waals surface area contributed by atoms with Crippen LogP contribution in [0, 0.1) is 17.7 Å². The molecule has 116 valence electrons. The molecule has 0 saturated heterocycles. The van der Waals surface area contributed by atoms with Gasteiger partial charge in [-0.3, -0.25) is 0 Å². The minimum Gasteiger partial charge on any atom is -0.487 e. The van der Waals surface area contributed by atoms with Gasteiger partial charge in [0.05, 0.1) is 0 Å². The third kappa shape index (κ3) is 2.80. The van der Waals surface area contributed by atoms with E-state index in [0.717, 1.165) is 49.5 Å². The Hall–Kier alpha value is -1.09. The fourth-order valence-corrected chi connectivity index (χ4v) is 3.76. The number of ether oxygens (including phenoxy) is 1. The first-order chi connectivity index (χ1) is 10.0. The summed E-state index contributed by atoms with van der Waals surface area (Å²) in [6.45, 7) is 7.72. The molecule has 0 aromatic heterocycles. The first-order valence-electron chi connectivity index (χ1n) is 8.25. The second kappa shape index (κ2) is 5.60. The van der Waals surface area contributed by atoms with Crippen molar-refractivity contribution in [3.8, 4) is 5.75 Å². The predicted octanol–water partition coefficient (Wildman–Crippen LogP) is 4.45. The molecule has 2 nitrogen and oxygen atoms in total. The van der Waals surface area contributed by atoms with Gasteiger partial charge >= 0.3 is 0 Å². The van der Waals surface area contributed by atoms with Crippen LogP contribution < -0.4 is 10.1 Å². The maximum Gasteiger partial charge on any atom is 0.127 e. The third-order valence-corrected chi connectivity index (χ3v) is 5.11. The van der Waals surface area contributed by atoms with E-state index in [1.807, 2.05) is 6.07 Å². The normalized spacial score (nSPS) is 30.9. The molecule has 1 aliphatic carbocycles. The molecular weight excluding hydrogens is 265 g/mol. The zero-order valence-corrected chi connectivity index (χ0v) is 13.3. The van der Waals surface area contributed by atoms with Crippen LogP contribution in [0.2, 0.25) is 0 Å². The number of fused-ring (bicyclic) bond motifs is 1. The fourth-order valence-electron chi connectivity index (χ4n) is 3.76. The lowest BCUT2D eigenvalue weighted by Gasteiger charge is -2.53. The number of halogens is 1. The van der Waals surface area contributed by atoms with Gasteiger partial charge in [-0.15, -0.1) is 0 Å². The summed E-state index contributed by atoms with van der Waals surface area (Å²) in [6.07, 6.45) is 4.32. The lowest BCUT2D eigenvalue weighted by Crippen LogP contribution is -2.54. The Morgan fingerprint density at radius 1 is 1.33 bits per heavy atom. The van der Waals surface area contributed by atoms with Gasteiger partial charge in [0.15, 0.2) is 0 Å². The highest BCUT2D eigenvalue weighted by Crippen LogP contribution is 2.53. The van der Waals surface area contributed by atoms with E-state index in [1.165, 1.54) is 0 Å². The van der Waals surface area contributed by atoms with Gasteiger partial charge in [0, 0.05) is 24.1 Å². The van der Waals surface area contributed by atoms with Crippen molar-refractivity contribution < 1.29 is 9.13 Å². The molecule has 1 fully saturated rings. The molecule has 2 aliphatic rings. The molecule has 1 spiro atoms. The summed E-state index contributed by atoms with van der Waals surface area (Å²) in [5.41, 5.74) is 1.05. The van der Waals surface area contributed by atoms with Crippen LogP contribution in [-0.4, -0.2) is 12.1 Å². The summed E-state index contributed by atoms with van der Waals surface area (Å²) in [7, 11) is 0. The van der Waals surface area contributed by atoms with Crippen LogP contribution in [0.5, 0.6) is 5.75 Å². The molecule has 1 aromatic carbocycles. The summed E-state index contributed by atoms with van der Waals surface area (Å²) in [5.74, 6) is 1.99. The smallest absolute Gasteiger partial charge is 0.127 e. The Balaban J connectivity index is 1.82. The summed E-state index contributed by atoms with van der Waals surface area (Å²) >= 11 is 0. The molecule has 1 aliphatic heterocycles. The zero-order valence-electron chi connectivity index (χ0n) is 13.3. The van der Waals surface area contributed by atoms with Gasteiger partial charge in [0.2, 0.25) is 0 Å². The Labute approximate surface area is 127 Å². The second-order valence-electron chi connectivity index (χ2n) is 7.09. The van der Waals surface area contributed by atoms with Gasteiger partial charge in [-0.1, -0.05) is 26.8 Å². The van der Waals surface area contributed by atoms with Crippen LogP contribution in [0.15, 0.2) is 18.2 Å². The molecule has 0 bridgehead atoms. The Morgan fingerprint density at radius 2 is 2.10 bits per heavy atom. The lowest BCUT2D eigenvalue weighted by molar-refractivity contribution is -0.0874. The van der Waals surface area contributed by atoms with Crippen LogP contribution in [0.4, 0.5) is 4.39 Å². The maximum atomic E-state index is 13.6. The molecule has 21 heavy (non-hydrogen) atoms. The number of hydrogen-bond acceptors (Lipinski definition) is 2. The maximum absolute atomic E-state index is 13.6. The fraction of sp³-hybridized carbons (Fsp3) is 0.667. The first kappa shape index (κ1) is 14.8. The molecule has 1 N–H and O–H groups in total. The third-order valence-electron chi connectivity index (χ3n) is 5.11. The van der Waals surface area contributed by atoms with Gasteiger partial charge in [-0.25, -0.2) is 4.39 Å². The predicted molar refractivity (Wildman–Crippen MR) is 83.0 cm³/mol. The van der Waals surface area contributed by atoms with Crippen molar-refractivity contribution in [3.05, 3.63) is 29.6 Å². The minimum atomic E-state index is -0.209. The van der Waals surface area contributed by atoms with E-state index in [4.69, 9.17) is 4.74 Å². The van der Waals surface area contributed by atoms with Crippen molar-refractivity contribution in [1.82, 2.24) is 5.32 Å². The molecular formula is C18H26FNO. The molecule has 0 amide bonds. The van der Waals surface area contributed by atoms with Crippen LogP contribution in [0.3, 0.4) is 0 Å². The Kier molecular flexibility index (Phi) is 3.96. The van der Waals surface area contributed by atoms with Crippen molar-refractivity contribution >= 4 is 0 Å². The van der Waals surface area contributed by atoms with Gasteiger partial charge in [0.25, 0.3) is 0 Å². The summed E-state index contributed by atoms with van der Waals surface area (Å²) in [6, 6.07) is 5.27. The van der Waals surface area contributed by atoms with E-state index in [-0.39, 0.29) is 11.4 Å². The molecule has 0 radical (unpaired) electrons. The van der Waals surface area contributed by atoms with E-state index in [2.05, 4.69) is 26.1 Å². The monoisotopic (exact) mass is 291 g/mol. The number of nitrogens with one attached hydrogen (secondary N) is 1. The molecule has 1 aromatic rings. The molecule has 3 rings (SSSR count). The van der Waals surface area contributed by atoms with Crippen molar-refractivity contribution in [2.75, 3.05) is 6.54 Å². The van der Waals surface area contributed by atoms with Gasteiger partial charge in [-0.05, 0) is 43.7 Å². The number of benzene rings is 1. The Morgan fingerprint density at radius 3 is 2.76 bits per heavy atom. The summed E-state index contributed by atoms with van der Waals surface area (Å²) < 4.78 is 19.8. The highest BCUT2D eigenvalue weighted by Gasteiger charge is 2.51. The number of hydrogen-bond donors (Lipinski definition) is 1. The average molecular weight is 291 g/mol. The highest BCUT2D eigenvalue weighted by molar-refractivity contribution is 5.40. The lowest BCUT2D eigenvalue weighted by atomic mass is 9.62. The zero-order chi connectivity index (χ0) is 15.0. The topological polar surface area (TPSA) is 21.3 Å². The van der Waals surface area contributed by atoms with Crippen molar-refractivity contribution in [2.45, 2.75) is 58.1 Å². The second-order valence-corrected chi connectivity index (χ2v) is 7.09. The van der Waals surface area contributed by atoms with E-state index in [9.17, 15) is 4.39 Å². The van der Waals surface area contributed by atoms with Gasteiger partial charge in [-0.2, -0.15) is 0 Å². The van der Waals surface area contributed by atoms with Crippen molar-refractivity contribution in [1.29, 1.82) is 0 Å². The minimum absolute atomic E-state index is 0.0683. The number of rotatable bonds is 4. The van der Waals surface area contributed by atoms with Crippen LogP contribution >= 0.6 is 0 Å². The summed E-state index contributed by atoms with van der Waals surface area (Å²) in [4.78, 5) is 0. The average Bonchev–Trinajstić information content (AvgIpc) is 2.41.